The van der Waals surface area contributed by atoms with Gasteiger partial charge < -0.3 is 10.4 Å². The highest BCUT2D eigenvalue weighted by molar-refractivity contribution is 6.32. The van der Waals surface area contributed by atoms with Crippen LogP contribution in [0.4, 0.5) is 5.69 Å². The van der Waals surface area contributed by atoms with Crippen molar-refractivity contribution in [2.45, 2.75) is 19.8 Å². The number of rotatable bonds is 7. The molecule has 0 radical (unpaired) electrons. The second-order valence-electron chi connectivity index (χ2n) is 4.42. The molecule has 2 N–H and O–H groups in total. The van der Waals surface area contributed by atoms with E-state index in [-0.39, 0.29) is 34.7 Å². The minimum Gasteiger partial charge on any atom is -0.396 e. The average molecular weight is 301 g/mol. The van der Waals surface area contributed by atoms with E-state index in [9.17, 15) is 14.9 Å². The van der Waals surface area contributed by atoms with Gasteiger partial charge in [0.05, 0.1) is 4.92 Å². The second kappa shape index (κ2) is 7.81. The van der Waals surface area contributed by atoms with Crippen LogP contribution in [0.2, 0.25) is 5.02 Å². The molecule has 7 heteroatoms. The third-order valence-electron chi connectivity index (χ3n) is 3.07. The maximum atomic E-state index is 11.9. The van der Waals surface area contributed by atoms with E-state index in [1.807, 2.05) is 6.92 Å². The van der Waals surface area contributed by atoms with Crippen LogP contribution in [0.5, 0.6) is 0 Å². The number of carbonyl (C=O) groups excluding carboxylic acids is 1. The predicted molar refractivity (Wildman–Crippen MR) is 75.9 cm³/mol. The quantitative estimate of drug-likeness (QED) is 0.597. The number of nitro groups is 1. The van der Waals surface area contributed by atoms with Crippen LogP contribution in [-0.2, 0) is 0 Å². The van der Waals surface area contributed by atoms with E-state index in [0.29, 0.717) is 13.0 Å². The van der Waals surface area contributed by atoms with Crippen LogP contribution in [-0.4, -0.2) is 29.1 Å². The minimum absolute atomic E-state index is 0.00161. The molecule has 0 bridgehead atoms. The maximum Gasteiger partial charge on any atom is 0.288 e. The van der Waals surface area contributed by atoms with Gasteiger partial charge in [-0.15, -0.1) is 0 Å². The monoisotopic (exact) mass is 300 g/mol. The van der Waals surface area contributed by atoms with Gasteiger partial charge in [0.1, 0.15) is 5.02 Å². The number of nitrogens with one attached hydrogen (secondary N) is 1. The van der Waals surface area contributed by atoms with E-state index in [1.165, 1.54) is 12.1 Å². The normalized spacial score (nSPS) is 11.9. The molecule has 0 fully saturated rings. The number of halogens is 1. The molecule has 1 atom stereocenters. The third-order valence-corrected chi connectivity index (χ3v) is 3.39. The lowest BCUT2D eigenvalue weighted by atomic mass is 10.0. The van der Waals surface area contributed by atoms with Crippen LogP contribution in [0.1, 0.15) is 30.1 Å². The Labute approximate surface area is 121 Å². The number of nitrogens with zero attached hydrogens (tertiary/aromatic N) is 1. The molecular formula is C13H17ClN2O4. The van der Waals surface area contributed by atoms with E-state index >= 15 is 0 Å². The molecule has 0 aliphatic heterocycles. The van der Waals surface area contributed by atoms with E-state index in [4.69, 9.17) is 16.7 Å². The summed E-state index contributed by atoms with van der Waals surface area (Å²) in [5.74, 6) is -0.201. The lowest BCUT2D eigenvalue weighted by molar-refractivity contribution is -0.384. The highest BCUT2D eigenvalue weighted by atomic mass is 35.5. The highest BCUT2D eigenvalue weighted by Gasteiger charge is 2.16. The zero-order valence-electron chi connectivity index (χ0n) is 11.1. The first kappa shape index (κ1) is 16.4. The van der Waals surface area contributed by atoms with Gasteiger partial charge in [-0.05, 0) is 24.5 Å². The molecule has 0 aliphatic rings. The zero-order chi connectivity index (χ0) is 15.1. The number of benzene rings is 1. The summed E-state index contributed by atoms with van der Waals surface area (Å²) in [5.41, 5.74) is -0.0957. The Morgan fingerprint density at radius 1 is 1.55 bits per heavy atom. The Balaban J connectivity index is 2.73. The lowest BCUT2D eigenvalue weighted by Crippen LogP contribution is -2.29. The van der Waals surface area contributed by atoms with Crippen LogP contribution in [0.3, 0.4) is 0 Å². The number of aliphatic hydroxyl groups excluding tert-OH is 1. The van der Waals surface area contributed by atoms with Gasteiger partial charge in [-0.3, -0.25) is 14.9 Å². The van der Waals surface area contributed by atoms with E-state index < -0.39 is 4.92 Å². The van der Waals surface area contributed by atoms with Gasteiger partial charge in [-0.2, -0.15) is 0 Å². The summed E-state index contributed by atoms with van der Waals surface area (Å²) >= 11 is 5.69. The summed E-state index contributed by atoms with van der Waals surface area (Å²) in [6.07, 6.45) is 1.44. The smallest absolute Gasteiger partial charge is 0.288 e. The van der Waals surface area contributed by atoms with Crippen molar-refractivity contribution in [3.8, 4) is 0 Å². The summed E-state index contributed by atoms with van der Waals surface area (Å²) in [6.45, 7) is 2.47. The first-order valence-corrected chi connectivity index (χ1v) is 6.70. The van der Waals surface area contributed by atoms with Crippen molar-refractivity contribution in [2.24, 2.45) is 5.92 Å². The second-order valence-corrected chi connectivity index (χ2v) is 4.83. The van der Waals surface area contributed by atoms with Crippen molar-refractivity contribution >= 4 is 23.2 Å². The van der Waals surface area contributed by atoms with Gasteiger partial charge in [0, 0.05) is 24.8 Å². The Bertz CT molecular complexity index is 493. The number of hydrogen-bond acceptors (Lipinski definition) is 4. The SMILES string of the molecule is CCC(CCO)CNC(=O)c1ccc(Cl)c([N+](=O)[O-])c1. The van der Waals surface area contributed by atoms with E-state index in [0.717, 1.165) is 12.5 Å². The Morgan fingerprint density at radius 3 is 2.80 bits per heavy atom. The lowest BCUT2D eigenvalue weighted by Gasteiger charge is -2.14. The van der Waals surface area contributed by atoms with Crippen molar-refractivity contribution in [2.75, 3.05) is 13.2 Å². The Hall–Kier alpha value is -1.66. The summed E-state index contributed by atoms with van der Waals surface area (Å²) in [5, 5.41) is 22.3. The molecule has 0 saturated heterocycles. The van der Waals surface area contributed by atoms with Crippen LogP contribution >= 0.6 is 11.6 Å². The fourth-order valence-electron chi connectivity index (χ4n) is 1.77. The molecule has 110 valence electrons. The van der Waals surface area contributed by atoms with Crippen LogP contribution in [0.15, 0.2) is 18.2 Å². The van der Waals surface area contributed by atoms with Crippen LogP contribution in [0, 0.1) is 16.0 Å². The van der Waals surface area contributed by atoms with E-state index in [1.54, 1.807) is 0 Å². The van der Waals surface area contributed by atoms with Gasteiger partial charge >= 0.3 is 0 Å². The number of carbonyl (C=O) groups is 1. The molecule has 1 unspecified atom stereocenters. The summed E-state index contributed by atoms with van der Waals surface area (Å²) < 4.78 is 0. The van der Waals surface area contributed by atoms with Crippen molar-refractivity contribution in [3.05, 3.63) is 38.9 Å². The van der Waals surface area contributed by atoms with Crippen LogP contribution in [0.25, 0.3) is 0 Å². The molecule has 0 spiro atoms. The number of nitro benzene ring substituents is 1. The topological polar surface area (TPSA) is 92.5 Å². The first-order chi connectivity index (χ1) is 9.49. The number of aliphatic hydroxyl groups is 1. The molecule has 20 heavy (non-hydrogen) atoms. The third kappa shape index (κ3) is 4.47. The number of amides is 1. The first-order valence-electron chi connectivity index (χ1n) is 6.32. The molecule has 0 heterocycles. The largest absolute Gasteiger partial charge is 0.396 e. The van der Waals surface area contributed by atoms with Gasteiger partial charge in [-0.25, -0.2) is 0 Å². The van der Waals surface area contributed by atoms with Gasteiger partial charge in [0.25, 0.3) is 11.6 Å². The zero-order valence-corrected chi connectivity index (χ0v) is 11.9. The van der Waals surface area contributed by atoms with Crippen molar-refractivity contribution < 1.29 is 14.8 Å². The molecular weight excluding hydrogens is 284 g/mol. The molecule has 6 nitrogen and oxygen atoms in total. The molecule has 1 rings (SSSR count). The van der Waals surface area contributed by atoms with Crippen molar-refractivity contribution in [1.29, 1.82) is 0 Å². The van der Waals surface area contributed by atoms with Crippen molar-refractivity contribution in [3.63, 3.8) is 0 Å². The van der Waals surface area contributed by atoms with Gasteiger partial charge in [-0.1, -0.05) is 24.9 Å². The molecule has 1 aromatic carbocycles. The average Bonchev–Trinajstić information content (AvgIpc) is 2.43. The molecule has 1 aromatic rings. The fraction of sp³-hybridized carbons (Fsp3) is 0.462. The van der Waals surface area contributed by atoms with Gasteiger partial charge in [0.15, 0.2) is 0 Å². The van der Waals surface area contributed by atoms with Crippen LogP contribution < -0.4 is 5.32 Å². The summed E-state index contributed by atoms with van der Waals surface area (Å²) in [7, 11) is 0. The molecule has 1 amide bonds. The Morgan fingerprint density at radius 2 is 2.25 bits per heavy atom. The molecule has 0 aliphatic carbocycles. The predicted octanol–water partition coefficient (Wildman–Crippen LogP) is 2.39. The Kier molecular flexibility index (Phi) is 6.41. The van der Waals surface area contributed by atoms with Gasteiger partial charge in [0.2, 0.25) is 0 Å². The summed E-state index contributed by atoms with van der Waals surface area (Å²) in [4.78, 5) is 22.0. The fourth-order valence-corrected chi connectivity index (χ4v) is 1.95. The van der Waals surface area contributed by atoms with E-state index in [2.05, 4.69) is 5.32 Å². The molecule has 0 saturated carbocycles. The molecule has 0 aromatic heterocycles. The highest BCUT2D eigenvalue weighted by Crippen LogP contribution is 2.25. The number of hydrogen-bond donors (Lipinski definition) is 2. The summed E-state index contributed by atoms with van der Waals surface area (Å²) in [6, 6.07) is 3.93. The minimum atomic E-state index is -0.625. The maximum absolute atomic E-state index is 11.9. The standard InChI is InChI=1S/C13H17ClN2O4/c1-2-9(5-6-17)8-15-13(18)10-3-4-11(14)12(7-10)16(19)20/h3-4,7,9,17H,2,5-6,8H2,1H3,(H,15,18). The van der Waals surface area contributed by atoms with Crippen molar-refractivity contribution in [1.82, 2.24) is 5.32 Å².